The fourth-order valence-corrected chi connectivity index (χ4v) is 3.61. The zero-order valence-corrected chi connectivity index (χ0v) is 15.4. The Morgan fingerprint density at radius 3 is 2.48 bits per heavy atom. The van der Waals surface area contributed by atoms with Gasteiger partial charge in [0.1, 0.15) is 5.75 Å². The van der Waals surface area contributed by atoms with Gasteiger partial charge in [0.15, 0.2) is 0 Å². The molecular weight excluding hydrogens is 348 g/mol. The van der Waals surface area contributed by atoms with E-state index in [1.807, 2.05) is 0 Å². The van der Waals surface area contributed by atoms with Crippen molar-refractivity contribution in [3.05, 3.63) is 28.3 Å². The molecule has 1 aliphatic rings. The Morgan fingerprint density at radius 1 is 1.24 bits per heavy atom. The maximum Gasteiger partial charge on any atom is 0.308 e. The van der Waals surface area contributed by atoms with Gasteiger partial charge >= 0.3 is 11.9 Å². The maximum absolute atomic E-state index is 12.1. The Hall–Kier alpha value is -1.79. The summed E-state index contributed by atoms with van der Waals surface area (Å²) in [6, 6.07) is 3.37. The number of benzene rings is 1. The Morgan fingerprint density at radius 2 is 1.88 bits per heavy atom. The van der Waals surface area contributed by atoms with Crippen LogP contribution in [0.4, 0.5) is 0 Å². The molecule has 1 aromatic carbocycles. The lowest BCUT2D eigenvalue weighted by molar-refractivity contribution is -0.152. The number of carbonyl (C=O) groups excluding carboxylic acids is 2. The fourth-order valence-electron chi connectivity index (χ4n) is 3.38. The summed E-state index contributed by atoms with van der Waals surface area (Å²) in [5, 5.41) is 11.7. The zero-order chi connectivity index (χ0) is 18.6. The Bertz CT molecular complexity index is 659. The molecule has 0 saturated carbocycles. The van der Waals surface area contributed by atoms with E-state index < -0.39 is 23.5 Å². The molecule has 0 saturated heterocycles. The van der Waals surface area contributed by atoms with Crippen LogP contribution in [0.15, 0.2) is 12.1 Å². The number of carbonyl (C=O) groups is 2. The molecule has 2 unspecified atom stereocenters. The first-order valence-electron chi connectivity index (χ1n) is 8.25. The van der Waals surface area contributed by atoms with Crippen LogP contribution in [0, 0.1) is 0 Å². The first kappa shape index (κ1) is 19.5. The highest BCUT2D eigenvalue weighted by Crippen LogP contribution is 2.51. The van der Waals surface area contributed by atoms with E-state index in [0.717, 1.165) is 0 Å². The van der Waals surface area contributed by atoms with E-state index in [4.69, 9.17) is 25.8 Å². The van der Waals surface area contributed by atoms with Crippen molar-refractivity contribution in [1.82, 2.24) is 0 Å². The molecule has 0 radical (unpaired) electrons. The van der Waals surface area contributed by atoms with Crippen LogP contribution in [0.2, 0.25) is 5.02 Å². The molecule has 0 bridgehead atoms. The minimum absolute atomic E-state index is 0.0759. The number of hydrogen-bond donors (Lipinski definition) is 1. The number of aliphatic hydroxyl groups is 1. The molecule has 0 aromatic heterocycles. The Balaban J connectivity index is 2.44. The lowest BCUT2D eigenvalue weighted by atomic mass is 9.82. The van der Waals surface area contributed by atoms with Gasteiger partial charge in [0.25, 0.3) is 0 Å². The third kappa shape index (κ3) is 4.07. The summed E-state index contributed by atoms with van der Waals surface area (Å²) in [6.07, 6.45) is -0.173. The number of methoxy groups -OCH3 is 1. The summed E-state index contributed by atoms with van der Waals surface area (Å²) in [6.45, 7) is 3.86. The molecule has 0 amide bonds. The highest BCUT2D eigenvalue weighted by Gasteiger charge is 2.49. The molecule has 2 rings (SSSR count). The normalized spacial score (nSPS) is 21.6. The van der Waals surface area contributed by atoms with Gasteiger partial charge < -0.3 is 19.3 Å². The van der Waals surface area contributed by atoms with Crippen molar-refractivity contribution in [1.29, 1.82) is 0 Å². The minimum Gasteiger partial charge on any atom is -0.496 e. The summed E-state index contributed by atoms with van der Waals surface area (Å²) in [5.41, 5.74) is -0.156. The first-order valence-corrected chi connectivity index (χ1v) is 8.63. The van der Waals surface area contributed by atoms with Crippen LogP contribution in [0.5, 0.6) is 5.75 Å². The zero-order valence-electron chi connectivity index (χ0n) is 14.6. The lowest BCUT2D eigenvalue weighted by Crippen LogP contribution is -2.38. The van der Waals surface area contributed by atoms with E-state index in [1.165, 1.54) is 7.11 Å². The molecule has 1 N–H and O–H groups in total. The quantitative estimate of drug-likeness (QED) is 0.743. The van der Waals surface area contributed by atoms with Crippen LogP contribution < -0.4 is 4.74 Å². The van der Waals surface area contributed by atoms with E-state index >= 15 is 0 Å². The molecule has 25 heavy (non-hydrogen) atoms. The summed E-state index contributed by atoms with van der Waals surface area (Å²) >= 11 is 6.29. The predicted octanol–water partition coefficient (Wildman–Crippen LogP) is 2.63. The van der Waals surface area contributed by atoms with E-state index in [1.54, 1.807) is 26.0 Å². The molecule has 1 aromatic rings. The molecular formula is C18H23ClO6. The van der Waals surface area contributed by atoms with Crippen molar-refractivity contribution in [2.75, 3.05) is 20.3 Å². The van der Waals surface area contributed by atoms with Crippen molar-refractivity contribution in [2.45, 2.75) is 44.6 Å². The van der Waals surface area contributed by atoms with Crippen LogP contribution in [-0.4, -0.2) is 43.0 Å². The monoisotopic (exact) mass is 370 g/mol. The largest absolute Gasteiger partial charge is 0.496 e. The predicted molar refractivity (Wildman–Crippen MR) is 91.9 cm³/mol. The van der Waals surface area contributed by atoms with Gasteiger partial charge in [0, 0.05) is 22.9 Å². The average molecular weight is 371 g/mol. The summed E-state index contributed by atoms with van der Waals surface area (Å²) in [4.78, 5) is 24.1. The average Bonchev–Trinajstić information content (AvgIpc) is 2.82. The van der Waals surface area contributed by atoms with Gasteiger partial charge in [-0.3, -0.25) is 9.59 Å². The van der Waals surface area contributed by atoms with Crippen molar-refractivity contribution >= 4 is 23.5 Å². The highest BCUT2D eigenvalue weighted by molar-refractivity contribution is 6.31. The van der Waals surface area contributed by atoms with Gasteiger partial charge in [0.05, 0.1) is 38.8 Å². The molecule has 6 nitrogen and oxygen atoms in total. The maximum atomic E-state index is 12.1. The van der Waals surface area contributed by atoms with Gasteiger partial charge in [-0.1, -0.05) is 11.6 Å². The van der Waals surface area contributed by atoms with Gasteiger partial charge in [-0.15, -0.1) is 0 Å². The third-order valence-corrected chi connectivity index (χ3v) is 4.75. The SMILES string of the molecule is CCOC(=O)CC1c2c(OC)ccc(Cl)c2CC1(O)CC(=O)OCC. The van der Waals surface area contributed by atoms with Gasteiger partial charge in [-0.25, -0.2) is 0 Å². The topological polar surface area (TPSA) is 82.1 Å². The first-order chi connectivity index (χ1) is 11.9. The number of rotatable bonds is 7. The van der Waals surface area contributed by atoms with Crippen molar-refractivity contribution in [3.63, 3.8) is 0 Å². The van der Waals surface area contributed by atoms with Gasteiger partial charge in [0.2, 0.25) is 0 Å². The number of fused-ring (bicyclic) bond motifs is 1. The third-order valence-electron chi connectivity index (χ3n) is 4.39. The van der Waals surface area contributed by atoms with Crippen LogP contribution in [0.1, 0.15) is 43.7 Å². The van der Waals surface area contributed by atoms with Gasteiger partial charge in [-0.05, 0) is 31.5 Å². The van der Waals surface area contributed by atoms with Crippen molar-refractivity contribution < 1.29 is 28.9 Å². The summed E-state index contributed by atoms with van der Waals surface area (Å²) in [5.74, 6) is -1.13. The van der Waals surface area contributed by atoms with E-state index in [0.29, 0.717) is 21.9 Å². The Labute approximate surface area is 152 Å². The van der Waals surface area contributed by atoms with Crippen molar-refractivity contribution in [3.8, 4) is 5.75 Å². The molecule has 138 valence electrons. The second-order valence-corrected chi connectivity index (χ2v) is 6.37. The molecule has 7 heteroatoms. The standard InChI is InChI=1S/C18H23ClO6/c1-4-24-15(20)8-12-17-11(13(19)6-7-14(17)23-3)9-18(12,22)10-16(21)25-5-2/h6-7,12,22H,4-5,8-10H2,1-3H3. The van der Waals surface area contributed by atoms with Crippen LogP contribution in [-0.2, 0) is 25.5 Å². The number of hydrogen-bond acceptors (Lipinski definition) is 6. The minimum atomic E-state index is -1.49. The number of halogens is 1. The smallest absolute Gasteiger partial charge is 0.308 e. The highest BCUT2D eigenvalue weighted by atomic mass is 35.5. The second-order valence-electron chi connectivity index (χ2n) is 5.97. The molecule has 0 aliphatic heterocycles. The number of esters is 2. The molecule has 0 spiro atoms. The molecule has 0 fully saturated rings. The molecule has 0 heterocycles. The summed E-state index contributed by atoms with van der Waals surface area (Å²) in [7, 11) is 1.51. The van der Waals surface area contributed by atoms with E-state index in [9.17, 15) is 14.7 Å². The molecule has 1 aliphatic carbocycles. The van der Waals surface area contributed by atoms with Crippen LogP contribution in [0.3, 0.4) is 0 Å². The van der Waals surface area contributed by atoms with Crippen LogP contribution in [0.25, 0.3) is 0 Å². The van der Waals surface area contributed by atoms with Crippen molar-refractivity contribution in [2.24, 2.45) is 0 Å². The van der Waals surface area contributed by atoms with E-state index in [2.05, 4.69) is 0 Å². The van der Waals surface area contributed by atoms with E-state index in [-0.39, 0.29) is 32.5 Å². The molecule has 2 atom stereocenters. The fraction of sp³-hybridized carbons (Fsp3) is 0.556. The Kier molecular flexibility index (Phi) is 6.30. The number of ether oxygens (including phenoxy) is 3. The second kappa shape index (κ2) is 8.06. The van der Waals surface area contributed by atoms with Crippen LogP contribution >= 0.6 is 11.6 Å². The van der Waals surface area contributed by atoms with Gasteiger partial charge in [-0.2, -0.15) is 0 Å². The lowest BCUT2D eigenvalue weighted by Gasteiger charge is -2.29. The summed E-state index contributed by atoms with van der Waals surface area (Å²) < 4.78 is 15.4.